The van der Waals surface area contributed by atoms with Crippen LogP contribution in [0.4, 0.5) is 0 Å². The lowest BCUT2D eigenvalue weighted by atomic mass is 9.97. The van der Waals surface area contributed by atoms with Crippen LogP contribution >= 0.6 is 11.3 Å². The van der Waals surface area contributed by atoms with Crippen molar-refractivity contribution in [2.24, 2.45) is 5.92 Å². The predicted octanol–water partition coefficient (Wildman–Crippen LogP) is 3.71. The lowest BCUT2D eigenvalue weighted by Gasteiger charge is -2.31. The van der Waals surface area contributed by atoms with Crippen LogP contribution in [0.1, 0.15) is 67.7 Å². The second-order valence-electron chi connectivity index (χ2n) is 8.89. The summed E-state index contributed by atoms with van der Waals surface area (Å²) in [5, 5.41) is 17.1. The summed E-state index contributed by atoms with van der Waals surface area (Å²) in [5.41, 5.74) is 2.21. The maximum Gasteiger partial charge on any atom is 0.251 e. The molecule has 1 aliphatic heterocycles. The van der Waals surface area contributed by atoms with Crippen molar-refractivity contribution in [2.45, 2.75) is 58.4 Å². The van der Waals surface area contributed by atoms with E-state index in [2.05, 4.69) is 10.6 Å². The molecule has 0 aliphatic carbocycles. The third-order valence-electron chi connectivity index (χ3n) is 6.51. The van der Waals surface area contributed by atoms with Crippen LogP contribution in [0.2, 0.25) is 0 Å². The molecular formula is C26H33N5O3S. The van der Waals surface area contributed by atoms with Gasteiger partial charge in [-0.25, -0.2) is 4.98 Å². The van der Waals surface area contributed by atoms with Crippen molar-refractivity contribution >= 4 is 29.1 Å². The highest BCUT2D eigenvalue weighted by Crippen LogP contribution is 2.32. The summed E-state index contributed by atoms with van der Waals surface area (Å²) in [6.45, 7) is 7.18. The minimum atomic E-state index is -0.712. The van der Waals surface area contributed by atoms with Gasteiger partial charge in [0.25, 0.3) is 5.91 Å². The molecular weight excluding hydrogens is 462 g/mol. The quantitative estimate of drug-likeness (QED) is 0.515. The van der Waals surface area contributed by atoms with Gasteiger partial charge < -0.3 is 15.5 Å². The van der Waals surface area contributed by atoms with Crippen LogP contribution < -0.4 is 10.6 Å². The van der Waals surface area contributed by atoms with E-state index < -0.39 is 6.04 Å². The number of hydrogen-bond acceptors (Lipinski definition) is 6. The van der Waals surface area contributed by atoms with E-state index in [0.29, 0.717) is 18.4 Å². The summed E-state index contributed by atoms with van der Waals surface area (Å²) in [6, 6.07) is 8.34. The van der Waals surface area contributed by atoms with Crippen molar-refractivity contribution in [3.05, 3.63) is 40.2 Å². The van der Waals surface area contributed by atoms with Crippen LogP contribution in [-0.2, 0) is 9.59 Å². The maximum atomic E-state index is 12.8. The van der Waals surface area contributed by atoms with E-state index in [1.165, 1.54) is 0 Å². The third-order valence-corrected chi connectivity index (χ3v) is 7.52. The van der Waals surface area contributed by atoms with Gasteiger partial charge in [0.1, 0.15) is 12.6 Å². The Bertz CT molecular complexity index is 1080. The number of nitrogens with zero attached hydrogens (tertiary/aromatic N) is 3. The summed E-state index contributed by atoms with van der Waals surface area (Å²) in [4.78, 5) is 44.1. The highest BCUT2D eigenvalue weighted by molar-refractivity contribution is 7.10. The fourth-order valence-corrected chi connectivity index (χ4v) is 5.15. The van der Waals surface area contributed by atoms with E-state index in [0.717, 1.165) is 42.2 Å². The van der Waals surface area contributed by atoms with Gasteiger partial charge in [-0.2, -0.15) is 5.26 Å². The molecule has 2 unspecified atom stereocenters. The molecule has 2 N–H and O–H groups in total. The molecule has 0 radical (unpaired) electrons. The van der Waals surface area contributed by atoms with Crippen molar-refractivity contribution in [1.29, 1.82) is 5.26 Å². The Balaban J connectivity index is 1.67. The van der Waals surface area contributed by atoms with E-state index >= 15 is 0 Å². The lowest BCUT2D eigenvalue weighted by molar-refractivity contribution is -0.132. The van der Waals surface area contributed by atoms with Crippen molar-refractivity contribution in [1.82, 2.24) is 20.5 Å². The lowest BCUT2D eigenvalue weighted by Crippen LogP contribution is -2.50. The van der Waals surface area contributed by atoms with E-state index in [4.69, 9.17) is 10.2 Å². The van der Waals surface area contributed by atoms with Crippen LogP contribution in [0.3, 0.4) is 0 Å². The van der Waals surface area contributed by atoms with Crippen LogP contribution in [0.25, 0.3) is 11.3 Å². The van der Waals surface area contributed by atoms with Crippen molar-refractivity contribution in [3.8, 4) is 17.3 Å². The fourth-order valence-electron chi connectivity index (χ4n) is 4.19. The maximum absolute atomic E-state index is 12.8. The molecule has 1 aromatic heterocycles. The second kappa shape index (κ2) is 12.5. The zero-order valence-corrected chi connectivity index (χ0v) is 21.4. The number of hydrogen-bond donors (Lipinski definition) is 2. The number of benzene rings is 1. The van der Waals surface area contributed by atoms with Gasteiger partial charge in [0.2, 0.25) is 11.8 Å². The Kier molecular flexibility index (Phi) is 9.38. The van der Waals surface area contributed by atoms with E-state index in [-0.39, 0.29) is 36.1 Å². The van der Waals surface area contributed by atoms with Crippen LogP contribution in [0.15, 0.2) is 29.6 Å². The molecule has 1 aromatic carbocycles. The average Bonchev–Trinajstić information content (AvgIpc) is 3.40. The van der Waals surface area contributed by atoms with Gasteiger partial charge in [-0.15, -0.1) is 11.3 Å². The molecule has 0 bridgehead atoms. The van der Waals surface area contributed by atoms with Crippen LogP contribution in [-0.4, -0.2) is 53.3 Å². The molecule has 9 heteroatoms. The highest BCUT2D eigenvalue weighted by atomic mass is 32.1. The Hall–Kier alpha value is -3.25. The van der Waals surface area contributed by atoms with E-state index in [9.17, 15) is 14.4 Å². The molecule has 2 heterocycles. The monoisotopic (exact) mass is 495 g/mol. The molecule has 8 nitrogen and oxygen atoms in total. The van der Waals surface area contributed by atoms with E-state index in [1.54, 1.807) is 23.5 Å². The number of carbonyl (C=O) groups is 3. The zero-order valence-electron chi connectivity index (χ0n) is 20.5. The minimum absolute atomic E-state index is 0.0753. The van der Waals surface area contributed by atoms with Gasteiger partial charge in [-0.1, -0.05) is 39.3 Å². The minimum Gasteiger partial charge on any atom is -0.342 e. The molecule has 0 saturated carbocycles. The normalized spacial score (nSPS) is 17.2. The number of thiazole rings is 1. The van der Waals surface area contributed by atoms with Crippen molar-refractivity contribution < 1.29 is 14.4 Å². The van der Waals surface area contributed by atoms with Gasteiger partial charge in [-0.05, 0) is 30.9 Å². The van der Waals surface area contributed by atoms with Gasteiger partial charge in [0.15, 0.2) is 0 Å². The van der Waals surface area contributed by atoms with Crippen molar-refractivity contribution in [3.63, 3.8) is 0 Å². The summed E-state index contributed by atoms with van der Waals surface area (Å²) in [7, 11) is 0. The van der Waals surface area contributed by atoms with Crippen LogP contribution in [0, 0.1) is 17.2 Å². The first kappa shape index (κ1) is 26.4. The van der Waals surface area contributed by atoms with Crippen molar-refractivity contribution in [2.75, 3.05) is 19.6 Å². The Labute approximate surface area is 210 Å². The standard InChI is InChI=1S/C26H33N5O3S/c1-4-17(3)23(25(34)28-13-12-27)30-24(33)19-10-8-18(9-11-19)21-16-35-26(29-21)20-7-6-14-31(15-20)22(32)5-2/h8-11,16-17,20,23H,4-7,13-15H2,1-3H3,(H,28,34)(H,30,33)/t17?,20?,23-/m0/s1. The highest BCUT2D eigenvalue weighted by Gasteiger charge is 2.27. The first-order chi connectivity index (χ1) is 16.9. The SMILES string of the molecule is CCC(=O)N1CCCC(c2nc(-c3ccc(C(=O)N[C@H](C(=O)NCC#N)C(C)CC)cc3)cs2)C1. The number of nitriles is 1. The molecule has 1 aliphatic rings. The van der Waals surface area contributed by atoms with E-state index in [1.807, 2.05) is 49.3 Å². The zero-order chi connectivity index (χ0) is 25.4. The predicted molar refractivity (Wildman–Crippen MR) is 136 cm³/mol. The number of amides is 3. The number of rotatable bonds is 9. The largest absolute Gasteiger partial charge is 0.342 e. The Morgan fingerprint density at radius 3 is 2.66 bits per heavy atom. The molecule has 186 valence electrons. The molecule has 1 saturated heterocycles. The molecule has 3 atom stereocenters. The smallest absolute Gasteiger partial charge is 0.251 e. The average molecular weight is 496 g/mol. The van der Waals surface area contributed by atoms with Gasteiger partial charge in [0, 0.05) is 41.9 Å². The topological polar surface area (TPSA) is 115 Å². The number of piperidine rings is 1. The Morgan fingerprint density at radius 2 is 2.00 bits per heavy atom. The number of aromatic nitrogens is 1. The molecule has 35 heavy (non-hydrogen) atoms. The molecule has 0 spiro atoms. The van der Waals surface area contributed by atoms with Gasteiger partial charge in [-0.3, -0.25) is 14.4 Å². The Morgan fingerprint density at radius 1 is 1.26 bits per heavy atom. The molecule has 3 rings (SSSR count). The second-order valence-corrected chi connectivity index (χ2v) is 9.78. The summed E-state index contributed by atoms with van der Waals surface area (Å²) in [5.74, 6) is -0.321. The fraction of sp³-hybridized carbons (Fsp3) is 0.500. The number of nitrogens with one attached hydrogen (secondary N) is 2. The summed E-state index contributed by atoms with van der Waals surface area (Å²) >= 11 is 1.61. The first-order valence-electron chi connectivity index (χ1n) is 12.2. The van der Waals surface area contributed by atoms with Gasteiger partial charge in [0.05, 0.1) is 16.8 Å². The first-order valence-corrected chi connectivity index (χ1v) is 13.0. The number of likely N-dealkylation sites (tertiary alicyclic amines) is 1. The molecule has 1 fully saturated rings. The number of carbonyl (C=O) groups excluding carboxylic acids is 3. The summed E-state index contributed by atoms with van der Waals surface area (Å²) < 4.78 is 0. The van der Waals surface area contributed by atoms with Crippen LogP contribution in [0.5, 0.6) is 0 Å². The molecule has 2 aromatic rings. The third kappa shape index (κ3) is 6.67. The summed E-state index contributed by atoms with van der Waals surface area (Å²) in [6.07, 6.45) is 3.25. The molecule has 3 amide bonds. The van der Waals surface area contributed by atoms with Gasteiger partial charge >= 0.3 is 0 Å².